The van der Waals surface area contributed by atoms with Gasteiger partial charge in [-0.3, -0.25) is 0 Å². The molecule has 0 aliphatic rings. The lowest BCUT2D eigenvalue weighted by atomic mass is 10.1. The summed E-state index contributed by atoms with van der Waals surface area (Å²) < 4.78 is 5.29. The molecule has 1 rings (SSSR count). The molecule has 94 valence electrons. The van der Waals surface area contributed by atoms with Crippen molar-refractivity contribution in [3.8, 4) is 5.75 Å². The van der Waals surface area contributed by atoms with Gasteiger partial charge in [-0.15, -0.1) is 0 Å². The van der Waals surface area contributed by atoms with E-state index in [0.29, 0.717) is 12.2 Å². The van der Waals surface area contributed by atoms with E-state index in [1.54, 1.807) is 24.3 Å². The van der Waals surface area contributed by atoms with E-state index in [1.165, 1.54) is 0 Å². The molecule has 17 heavy (non-hydrogen) atoms. The highest BCUT2D eigenvalue weighted by Gasteiger charge is 2.27. The highest BCUT2D eigenvalue weighted by Crippen LogP contribution is 2.15. The minimum Gasteiger partial charge on any atom is -0.478 e. The van der Waals surface area contributed by atoms with Crippen LogP contribution >= 0.6 is 0 Å². The predicted octanol–water partition coefficient (Wildman–Crippen LogP) is 2.07. The molecule has 1 unspecified atom stereocenters. The number of hydrogen-bond acceptors (Lipinski definition) is 3. The van der Waals surface area contributed by atoms with Crippen LogP contribution in [0, 0.1) is 0 Å². The molecule has 4 heteroatoms. The van der Waals surface area contributed by atoms with Crippen molar-refractivity contribution in [1.29, 1.82) is 0 Å². The molecule has 0 spiro atoms. The van der Waals surface area contributed by atoms with Crippen molar-refractivity contribution >= 4 is 5.97 Å². The highest BCUT2D eigenvalue weighted by atomic mass is 16.5. The number of hydrogen-bond donors (Lipinski definition) is 2. The summed E-state index contributed by atoms with van der Waals surface area (Å²) >= 11 is 0. The van der Waals surface area contributed by atoms with Crippen LogP contribution in [-0.4, -0.2) is 28.4 Å². The fourth-order valence-corrected chi connectivity index (χ4v) is 1.50. The fraction of sp³-hybridized carbons (Fsp3) is 0.462. The van der Waals surface area contributed by atoms with Crippen LogP contribution in [0.25, 0.3) is 0 Å². The first kappa shape index (κ1) is 13.5. The van der Waals surface area contributed by atoms with Gasteiger partial charge in [0, 0.05) is 0 Å². The van der Waals surface area contributed by atoms with Crippen LogP contribution in [0.15, 0.2) is 30.3 Å². The van der Waals surface area contributed by atoms with Gasteiger partial charge in [0.1, 0.15) is 11.9 Å². The summed E-state index contributed by atoms with van der Waals surface area (Å²) in [5.74, 6) is -0.687. The van der Waals surface area contributed by atoms with Gasteiger partial charge in [-0.05, 0) is 18.6 Å². The Kier molecular flexibility index (Phi) is 5.49. The Bertz CT molecular complexity index is 337. The minimum absolute atomic E-state index is 0.431. The van der Waals surface area contributed by atoms with E-state index in [0.717, 1.165) is 12.8 Å². The third kappa shape index (κ3) is 4.44. The van der Waals surface area contributed by atoms with Gasteiger partial charge in [-0.2, -0.15) is 0 Å². The second kappa shape index (κ2) is 6.91. The Hall–Kier alpha value is -1.55. The largest absolute Gasteiger partial charge is 0.478 e. The van der Waals surface area contributed by atoms with Crippen LogP contribution in [0.5, 0.6) is 5.75 Å². The molecule has 1 aromatic carbocycles. The van der Waals surface area contributed by atoms with Crippen molar-refractivity contribution in [2.75, 3.05) is 0 Å². The minimum atomic E-state index is -1.20. The SMILES string of the molecule is CCCCC(O)[C@@H](Oc1ccccc1)C(=O)O. The summed E-state index contributed by atoms with van der Waals surface area (Å²) in [6.45, 7) is 1.99. The molecule has 0 bridgehead atoms. The van der Waals surface area contributed by atoms with E-state index in [-0.39, 0.29) is 0 Å². The molecule has 4 nitrogen and oxygen atoms in total. The highest BCUT2D eigenvalue weighted by molar-refractivity contribution is 5.73. The maximum absolute atomic E-state index is 11.0. The topological polar surface area (TPSA) is 66.8 Å². The van der Waals surface area contributed by atoms with Crippen LogP contribution in [0.3, 0.4) is 0 Å². The zero-order valence-corrected chi connectivity index (χ0v) is 9.87. The van der Waals surface area contributed by atoms with Crippen molar-refractivity contribution < 1.29 is 19.7 Å². The lowest BCUT2D eigenvalue weighted by molar-refractivity contribution is -0.150. The maximum atomic E-state index is 11.0. The molecule has 0 amide bonds. The van der Waals surface area contributed by atoms with Crippen molar-refractivity contribution in [3.05, 3.63) is 30.3 Å². The lowest BCUT2D eigenvalue weighted by Gasteiger charge is -2.20. The summed E-state index contributed by atoms with van der Waals surface area (Å²) in [6.07, 6.45) is -0.0606. The number of unbranched alkanes of at least 4 members (excludes halogenated alkanes) is 1. The van der Waals surface area contributed by atoms with Gasteiger partial charge in [0.2, 0.25) is 6.10 Å². The first-order valence-electron chi connectivity index (χ1n) is 5.77. The molecule has 0 fully saturated rings. The number of carboxylic acids is 1. The van der Waals surface area contributed by atoms with Crippen LogP contribution < -0.4 is 4.74 Å². The smallest absolute Gasteiger partial charge is 0.347 e. The van der Waals surface area contributed by atoms with E-state index < -0.39 is 18.2 Å². The van der Waals surface area contributed by atoms with E-state index >= 15 is 0 Å². The average molecular weight is 238 g/mol. The van der Waals surface area contributed by atoms with Crippen molar-refractivity contribution in [2.24, 2.45) is 0 Å². The third-order valence-corrected chi connectivity index (χ3v) is 2.45. The monoisotopic (exact) mass is 238 g/mol. The van der Waals surface area contributed by atoms with E-state index in [2.05, 4.69) is 0 Å². The van der Waals surface area contributed by atoms with Gasteiger partial charge in [0.25, 0.3) is 0 Å². The summed E-state index contributed by atoms with van der Waals surface area (Å²) in [7, 11) is 0. The molecule has 0 aromatic heterocycles. The maximum Gasteiger partial charge on any atom is 0.347 e. The summed E-state index contributed by atoms with van der Waals surface area (Å²) in [5.41, 5.74) is 0. The molecule has 0 saturated heterocycles. The summed E-state index contributed by atoms with van der Waals surface area (Å²) in [4.78, 5) is 11.0. The number of carbonyl (C=O) groups is 1. The van der Waals surface area contributed by atoms with Crippen molar-refractivity contribution in [1.82, 2.24) is 0 Å². The predicted molar refractivity (Wildman–Crippen MR) is 64.0 cm³/mol. The molecule has 2 N–H and O–H groups in total. The zero-order valence-electron chi connectivity index (χ0n) is 9.87. The number of aliphatic carboxylic acids is 1. The van der Waals surface area contributed by atoms with Gasteiger partial charge >= 0.3 is 5.97 Å². The second-order valence-electron chi connectivity index (χ2n) is 3.90. The number of carboxylic acid groups (broad SMARTS) is 1. The van der Waals surface area contributed by atoms with Gasteiger partial charge < -0.3 is 14.9 Å². The number of benzene rings is 1. The number of aliphatic hydroxyl groups is 1. The fourth-order valence-electron chi connectivity index (χ4n) is 1.50. The van der Waals surface area contributed by atoms with Crippen LogP contribution in [0.4, 0.5) is 0 Å². The Balaban J connectivity index is 2.63. The second-order valence-corrected chi connectivity index (χ2v) is 3.90. The summed E-state index contributed by atoms with van der Waals surface area (Å²) in [5, 5.41) is 18.8. The molecule has 0 saturated carbocycles. The molecule has 2 atom stereocenters. The quantitative estimate of drug-likeness (QED) is 0.763. The molecule has 0 heterocycles. The van der Waals surface area contributed by atoms with Gasteiger partial charge in [-0.25, -0.2) is 4.79 Å². The number of rotatable bonds is 7. The van der Waals surface area contributed by atoms with Gasteiger partial charge in [-0.1, -0.05) is 38.0 Å². The zero-order chi connectivity index (χ0) is 12.7. The Morgan fingerprint density at radius 3 is 2.53 bits per heavy atom. The van der Waals surface area contributed by atoms with Gasteiger partial charge in [0.15, 0.2) is 0 Å². The first-order chi connectivity index (χ1) is 8.15. The van der Waals surface area contributed by atoms with Crippen molar-refractivity contribution in [3.63, 3.8) is 0 Å². The van der Waals surface area contributed by atoms with Crippen LogP contribution in [0.2, 0.25) is 0 Å². The lowest BCUT2D eigenvalue weighted by Crippen LogP contribution is -2.39. The Morgan fingerprint density at radius 2 is 2.00 bits per heavy atom. The number of aliphatic hydroxyl groups excluding tert-OH is 1. The number of para-hydroxylation sites is 1. The first-order valence-corrected chi connectivity index (χ1v) is 5.77. The van der Waals surface area contributed by atoms with Crippen molar-refractivity contribution in [2.45, 2.75) is 38.4 Å². The third-order valence-electron chi connectivity index (χ3n) is 2.45. The van der Waals surface area contributed by atoms with Crippen LogP contribution in [-0.2, 0) is 4.79 Å². The standard InChI is InChI=1S/C13H18O4/c1-2-3-9-11(14)12(13(15)16)17-10-7-5-4-6-8-10/h4-8,11-12,14H,2-3,9H2,1H3,(H,15,16)/t11?,12-/m1/s1. The Morgan fingerprint density at radius 1 is 1.35 bits per heavy atom. The van der Waals surface area contributed by atoms with Crippen LogP contribution in [0.1, 0.15) is 26.2 Å². The average Bonchev–Trinajstić information content (AvgIpc) is 2.34. The number of ether oxygens (including phenoxy) is 1. The van der Waals surface area contributed by atoms with Gasteiger partial charge in [0.05, 0.1) is 0 Å². The van der Waals surface area contributed by atoms with E-state index in [9.17, 15) is 9.90 Å². The molecular formula is C13H18O4. The molecule has 0 aliphatic carbocycles. The molecular weight excluding hydrogens is 220 g/mol. The molecule has 0 aliphatic heterocycles. The van der Waals surface area contributed by atoms with E-state index in [4.69, 9.17) is 9.84 Å². The molecule has 1 aromatic rings. The molecule has 0 radical (unpaired) electrons. The normalized spacial score (nSPS) is 14.0. The Labute approximate surface area is 101 Å². The summed E-state index contributed by atoms with van der Waals surface area (Å²) in [6, 6.07) is 8.67. The van der Waals surface area contributed by atoms with E-state index in [1.807, 2.05) is 13.0 Å².